The van der Waals surface area contributed by atoms with Gasteiger partial charge in [0.2, 0.25) is 0 Å². The van der Waals surface area contributed by atoms with Crippen molar-refractivity contribution in [3.05, 3.63) is 92.5 Å². The Hall–Kier alpha value is -0.305. The number of carboxylic acid groups (broad SMARTS) is 1. The number of benzene rings is 3. The van der Waals surface area contributed by atoms with Crippen LogP contribution in [0.1, 0.15) is 10.4 Å². The summed E-state index contributed by atoms with van der Waals surface area (Å²) in [7, 11) is 0. The average Bonchev–Trinajstić information content (AvgIpc) is 2.86. The molecule has 2 aliphatic rings. The van der Waals surface area contributed by atoms with Crippen molar-refractivity contribution in [3.63, 3.8) is 0 Å². The fourth-order valence-electron chi connectivity index (χ4n) is 3.59. The van der Waals surface area contributed by atoms with Crippen LogP contribution in [-0.4, -0.2) is 22.2 Å². The Labute approximate surface area is 293 Å². The second-order valence-corrected chi connectivity index (χ2v) is 13.1. The van der Waals surface area contributed by atoms with Crippen molar-refractivity contribution < 1.29 is 111 Å². The summed E-state index contributed by atoms with van der Waals surface area (Å²) in [5, 5.41) is 24.7. The molecule has 2 aromatic carbocycles. The van der Waals surface area contributed by atoms with Crippen molar-refractivity contribution in [1.29, 1.82) is 0 Å². The second kappa shape index (κ2) is 16.8. The molecule has 182 valence electrons. The van der Waals surface area contributed by atoms with Crippen LogP contribution in [0.25, 0.3) is 33.4 Å². The molecule has 1 aliphatic heterocycles. The second-order valence-electron chi connectivity index (χ2n) is 7.40. The fourth-order valence-corrected chi connectivity index (χ4v) is 8.28. The predicted octanol–water partition coefficient (Wildman–Crippen LogP) is -2.47. The molecule has 0 fully saturated rings. The van der Waals surface area contributed by atoms with Crippen LogP contribution in [0.15, 0.2) is 85.9 Å². The van der Waals surface area contributed by atoms with E-state index in [9.17, 15) is 22.8 Å². The van der Waals surface area contributed by atoms with Crippen LogP contribution >= 0.6 is 31.9 Å². The Morgan fingerprint density at radius 3 is 2.26 bits per heavy atom. The third-order valence-corrected chi connectivity index (χ3v) is 10.0. The van der Waals surface area contributed by atoms with Gasteiger partial charge in [-0.2, -0.15) is 0 Å². The Bertz CT molecular complexity index is 1480. The van der Waals surface area contributed by atoms with Gasteiger partial charge in [0, 0.05) is 0 Å². The van der Waals surface area contributed by atoms with Crippen molar-refractivity contribution in [2.45, 2.75) is 0 Å². The normalized spacial score (nSPS) is 9.87. The monoisotopic (exact) mass is 848 g/mol. The number of hydrogen-bond acceptors (Lipinski definition) is 7. The minimum atomic E-state index is -2.75. The molecule has 0 radical (unpaired) electrons. The number of hydrogen-bond donors (Lipinski definition) is 1. The quantitative estimate of drug-likeness (QED) is 0.0948. The van der Waals surface area contributed by atoms with Gasteiger partial charge >= 0.3 is 254 Å². The van der Waals surface area contributed by atoms with Gasteiger partial charge in [-0.05, 0) is 0 Å². The Balaban J connectivity index is 0.000000712. The molecule has 2 aromatic rings. The minimum Gasteiger partial charge on any atom is 1.00 e. The van der Waals surface area contributed by atoms with Crippen molar-refractivity contribution >= 4 is 51.9 Å². The van der Waals surface area contributed by atoms with Crippen molar-refractivity contribution in [2.75, 3.05) is 13.2 Å². The zero-order valence-electron chi connectivity index (χ0n) is 20.9. The molecule has 1 aliphatic carbocycles. The first-order valence-corrected chi connectivity index (χ1v) is 17.3. The van der Waals surface area contributed by atoms with Gasteiger partial charge < -0.3 is 4.74 Å². The van der Waals surface area contributed by atoms with Crippen molar-refractivity contribution in [1.82, 2.24) is 0 Å². The first kappa shape index (κ1) is 35.7. The number of halogens is 2. The number of ether oxygens (including phenoxy) is 1. The Morgan fingerprint density at radius 2 is 1.68 bits per heavy atom. The van der Waals surface area contributed by atoms with Gasteiger partial charge in [-0.25, -0.2) is 0 Å². The standard InChI is InChI=1S/C20H9Br2O5.C6H10O.Hg.2Na.H2O/c21-13-5-11-17(7-15(13)23)27-18-8-16(24)14(22)6-12(18)19(11)9-3-1-2-4-10(9)20(25)26;1-3-5-7-6-4-2;;;;/h1-7,24H,(H,25,26);3-4H,1-2,5-6H2;;;;1H2/q;;3*+1;/p-3. The van der Waals surface area contributed by atoms with E-state index in [-0.39, 0.29) is 99.2 Å². The van der Waals surface area contributed by atoms with Gasteiger partial charge in [-0.15, -0.1) is 13.2 Å². The fraction of sp³-hybridized carbons (Fsp3) is 0.0769. The maximum Gasteiger partial charge on any atom is 1.00 e. The molecule has 7 nitrogen and oxygen atoms in total. The third-order valence-electron chi connectivity index (χ3n) is 5.11. The van der Waals surface area contributed by atoms with Crippen LogP contribution in [0.3, 0.4) is 0 Å². The summed E-state index contributed by atoms with van der Waals surface area (Å²) >= 11 is 3.71. The summed E-state index contributed by atoms with van der Waals surface area (Å²) in [4.78, 5) is 23.9. The number of carboxylic acids is 1. The smallest absolute Gasteiger partial charge is 1.00 e. The average molecular weight is 849 g/mol. The zero-order chi connectivity index (χ0) is 26.4. The molecular weight excluding hydrogens is 831 g/mol. The van der Waals surface area contributed by atoms with Gasteiger partial charge in [0.05, 0.1) is 13.2 Å². The number of fused-ring (bicyclic) bond motifs is 2. The summed E-state index contributed by atoms with van der Waals surface area (Å²) in [6, 6.07) is 10.7. The molecular formula is C26H18Br2HgNa2O7. The zero-order valence-corrected chi connectivity index (χ0v) is 33.6. The van der Waals surface area contributed by atoms with Gasteiger partial charge in [0.1, 0.15) is 0 Å². The maximum atomic E-state index is 12.5. The molecule has 0 saturated carbocycles. The Kier molecular flexibility index (Phi) is 15.8. The summed E-state index contributed by atoms with van der Waals surface area (Å²) in [5.41, 5.74) is 1.14. The SMILES string of the molecule is C=CCOCC=C.O=C([O-])c1ccccc1-c1c2cc(Br)c(=O)cc-2oc2[c]([Hg][OH])c([O-])c(Br)cc12.[Na+].[Na+]. The van der Waals surface area contributed by atoms with Gasteiger partial charge in [-0.3, -0.25) is 0 Å². The number of rotatable bonds is 7. The summed E-state index contributed by atoms with van der Waals surface area (Å²) in [6.07, 6.45) is 3.42. The van der Waals surface area contributed by atoms with E-state index in [1.807, 2.05) is 0 Å². The van der Waals surface area contributed by atoms with E-state index in [2.05, 4.69) is 45.0 Å². The van der Waals surface area contributed by atoms with Gasteiger partial charge in [0.25, 0.3) is 0 Å². The minimum absolute atomic E-state index is 0. The maximum absolute atomic E-state index is 12.5. The predicted molar refractivity (Wildman–Crippen MR) is 137 cm³/mol. The van der Waals surface area contributed by atoms with Crippen LogP contribution in [-0.2, 0) is 29.8 Å². The topological polar surface area (TPSA) is 123 Å². The number of aromatic carboxylic acids is 1. The summed E-state index contributed by atoms with van der Waals surface area (Å²) in [5.74, 6) is -1.52. The molecule has 0 atom stereocenters. The molecule has 4 rings (SSSR count). The molecule has 0 spiro atoms. The van der Waals surface area contributed by atoms with E-state index in [1.165, 1.54) is 12.1 Å². The van der Waals surface area contributed by atoms with Crippen molar-refractivity contribution in [2.24, 2.45) is 0 Å². The van der Waals surface area contributed by atoms with E-state index in [0.29, 0.717) is 35.3 Å². The van der Waals surface area contributed by atoms with Crippen molar-refractivity contribution in [3.8, 4) is 28.2 Å². The van der Waals surface area contributed by atoms with Crippen LogP contribution in [0.4, 0.5) is 0 Å². The first-order valence-electron chi connectivity index (χ1n) is 10.5. The van der Waals surface area contributed by atoms with E-state index < -0.39 is 31.0 Å². The van der Waals surface area contributed by atoms with Crippen LogP contribution in [0, 0.1) is 0 Å². The molecule has 0 amide bonds. The van der Waals surface area contributed by atoms with Crippen LogP contribution in [0.2, 0.25) is 0 Å². The van der Waals surface area contributed by atoms with Crippen LogP contribution in [0.5, 0.6) is 5.75 Å². The molecule has 0 aromatic heterocycles. The Morgan fingerprint density at radius 1 is 1.05 bits per heavy atom. The molecule has 38 heavy (non-hydrogen) atoms. The summed E-state index contributed by atoms with van der Waals surface area (Å²) in [6.45, 7) is 8.18. The third kappa shape index (κ3) is 8.13. The van der Waals surface area contributed by atoms with Gasteiger partial charge in [0.15, 0.2) is 0 Å². The molecule has 0 unspecified atom stereocenters. The molecule has 1 N–H and O–H groups in total. The van der Waals surface area contributed by atoms with E-state index in [0.717, 1.165) is 0 Å². The van der Waals surface area contributed by atoms with Crippen LogP contribution < -0.4 is 77.8 Å². The van der Waals surface area contributed by atoms with Gasteiger partial charge in [-0.1, -0.05) is 12.2 Å². The van der Waals surface area contributed by atoms with E-state index in [4.69, 9.17) is 9.15 Å². The molecule has 1 heterocycles. The molecule has 12 heteroatoms. The summed E-state index contributed by atoms with van der Waals surface area (Å²) < 4.78 is 21.5. The number of carbonyl (C=O) groups excluding carboxylic acids is 1. The largest absolute Gasteiger partial charge is 1.00 e. The molecule has 0 bridgehead atoms. The van der Waals surface area contributed by atoms with E-state index in [1.54, 1.807) is 42.5 Å². The first-order chi connectivity index (χ1) is 17.2. The van der Waals surface area contributed by atoms with E-state index >= 15 is 0 Å². The molecule has 0 saturated heterocycles. The number of carbonyl (C=O) groups is 1.